The molecule has 0 aliphatic carbocycles. The largest absolute Gasteiger partial charge is 0.596 e. The molecule has 0 aliphatic heterocycles. The van der Waals surface area contributed by atoms with Gasteiger partial charge in [0.25, 0.3) is 0 Å². The van der Waals surface area contributed by atoms with E-state index in [4.69, 9.17) is 4.98 Å². The van der Waals surface area contributed by atoms with Crippen molar-refractivity contribution in [2.45, 2.75) is 6.54 Å². The molecular weight excluding hydrogens is 334 g/mol. The second kappa shape index (κ2) is 6.25. The van der Waals surface area contributed by atoms with Crippen molar-refractivity contribution in [2.75, 3.05) is 0 Å². The number of rotatable bonds is 3. The molecule has 130 valence electrons. The summed E-state index contributed by atoms with van der Waals surface area (Å²) < 4.78 is 1.76. The molecule has 5 aromatic rings. The van der Waals surface area contributed by atoms with Crippen LogP contribution < -0.4 is 4.85 Å². The summed E-state index contributed by atoms with van der Waals surface area (Å²) in [6.07, 6.45) is 1.66. The summed E-state index contributed by atoms with van der Waals surface area (Å²) in [5, 5.41) is 14.7. The van der Waals surface area contributed by atoms with Gasteiger partial charge >= 0.3 is 0 Å². The minimum absolute atomic E-state index is 0.494. The van der Waals surface area contributed by atoms with E-state index in [1.807, 2.05) is 84.9 Å². The maximum atomic E-state index is 12.8. The fourth-order valence-corrected chi connectivity index (χ4v) is 3.60. The normalized spacial score (nSPS) is 11.3. The van der Waals surface area contributed by atoms with Gasteiger partial charge < -0.3 is 5.21 Å². The first-order chi connectivity index (χ1) is 13.3. The van der Waals surface area contributed by atoms with Gasteiger partial charge in [0.15, 0.2) is 0 Å². The number of hydrogen-bond acceptors (Lipinski definition) is 2. The number of aromatic nitrogens is 3. The predicted molar refractivity (Wildman–Crippen MR) is 107 cm³/mol. The third-order valence-electron chi connectivity index (χ3n) is 4.86. The van der Waals surface area contributed by atoms with Crippen LogP contribution in [0.4, 0.5) is 0 Å². The summed E-state index contributed by atoms with van der Waals surface area (Å²) in [6, 6.07) is 28.0. The quantitative estimate of drug-likeness (QED) is 0.354. The van der Waals surface area contributed by atoms with E-state index in [0.29, 0.717) is 6.54 Å². The Bertz CT molecular complexity index is 1240. The SMILES string of the molecule is [O-][n+]1cc2c3ccccc3nc(-c3ccccc3)c2n1Cc1ccccc1. The van der Waals surface area contributed by atoms with Crippen molar-refractivity contribution in [3.63, 3.8) is 0 Å². The molecule has 27 heavy (non-hydrogen) atoms. The summed E-state index contributed by atoms with van der Waals surface area (Å²) in [5.74, 6) is 0. The Morgan fingerprint density at radius 3 is 2.22 bits per heavy atom. The van der Waals surface area contributed by atoms with Gasteiger partial charge in [0, 0.05) is 10.9 Å². The van der Waals surface area contributed by atoms with Crippen molar-refractivity contribution in [2.24, 2.45) is 0 Å². The van der Waals surface area contributed by atoms with Crippen LogP contribution in [0.3, 0.4) is 0 Å². The fraction of sp³-hybridized carbons (Fsp3) is 0.0435. The van der Waals surface area contributed by atoms with Gasteiger partial charge in [-0.15, -0.1) is 4.68 Å². The van der Waals surface area contributed by atoms with Crippen molar-refractivity contribution >= 4 is 21.8 Å². The van der Waals surface area contributed by atoms with Crippen molar-refractivity contribution in [3.8, 4) is 11.3 Å². The Balaban J connectivity index is 1.85. The Hall–Kier alpha value is -3.66. The van der Waals surface area contributed by atoms with Crippen LogP contribution >= 0.6 is 0 Å². The Labute approximate surface area is 156 Å². The topological polar surface area (TPSA) is 44.8 Å². The van der Waals surface area contributed by atoms with Crippen LogP contribution in [0, 0.1) is 5.21 Å². The van der Waals surface area contributed by atoms with E-state index < -0.39 is 0 Å². The molecule has 0 amide bonds. The molecule has 4 nitrogen and oxygen atoms in total. The van der Waals surface area contributed by atoms with E-state index in [0.717, 1.165) is 43.5 Å². The van der Waals surface area contributed by atoms with Gasteiger partial charge in [0.2, 0.25) is 6.20 Å². The molecule has 0 saturated heterocycles. The Morgan fingerprint density at radius 2 is 1.44 bits per heavy atom. The molecule has 0 atom stereocenters. The van der Waals surface area contributed by atoms with Crippen LogP contribution in [0.15, 0.2) is 91.1 Å². The van der Waals surface area contributed by atoms with Gasteiger partial charge in [-0.1, -0.05) is 83.7 Å². The number of para-hydroxylation sites is 1. The molecule has 3 aromatic carbocycles. The average Bonchev–Trinajstić information content (AvgIpc) is 3.05. The second-order valence-corrected chi connectivity index (χ2v) is 6.58. The molecule has 0 bridgehead atoms. The zero-order chi connectivity index (χ0) is 18.2. The van der Waals surface area contributed by atoms with Crippen LogP contribution in [0.2, 0.25) is 0 Å². The van der Waals surface area contributed by atoms with E-state index >= 15 is 0 Å². The number of benzene rings is 3. The number of nitrogens with zero attached hydrogens (tertiary/aromatic N) is 3. The van der Waals surface area contributed by atoms with E-state index in [9.17, 15) is 5.21 Å². The molecule has 0 radical (unpaired) electrons. The first-order valence-corrected chi connectivity index (χ1v) is 8.92. The number of pyridine rings is 1. The standard InChI is InChI=1S/C23H17N3O/c27-26-16-20-19-13-7-8-14-21(19)24-22(18-11-5-2-6-12-18)23(20)25(26)15-17-9-3-1-4-10-17/h1-14,16H,15H2. The molecule has 5 rings (SSSR count). The zero-order valence-corrected chi connectivity index (χ0v) is 14.6. The molecule has 4 heteroatoms. The van der Waals surface area contributed by atoms with E-state index in [2.05, 4.69) is 0 Å². The molecule has 0 N–H and O–H groups in total. The zero-order valence-electron chi connectivity index (χ0n) is 14.6. The fourth-order valence-electron chi connectivity index (χ4n) is 3.60. The summed E-state index contributed by atoms with van der Waals surface area (Å²) in [4.78, 5) is 5.84. The maximum absolute atomic E-state index is 12.8. The van der Waals surface area contributed by atoms with Crippen LogP contribution in [0.1, 0.15) is 5.56 Å². The van der Waals surface area contributed by atoms with Crippen LogP contribution in [0.5, 0.6) is 0 Å². The molecule has 0 aliphatic rings. The minimum atomic E-state index is 0.494. The van der Waals surface area contributed by atoms with Crippen LogP contribution in [0.25, 0.3) is 33.1 Å². The number of hydrogen-bond donors (Lipinski definition) is 0. The van der Waals surface area contributed by atoms with Gasteiger partial charge in [-0.05, 0) is 11.6 Å². The van der Waals surface area contributed by atoms with E-state index in [1.54, 1.807) is 10.9 Å². The summed E-state index contributed by atoms with van der Waals surface area (Å²) in [7, 11) is 0. The molecular formula is C23H17N3O. The van der Waals surface area contributed by atoms with Crippen molar-refractivity contribution in [1.82, 2.24) is 9.67 Å². The van der Waals surface area contributed by atoms with Gasteiger partial charge in [0.1, 0.15) is 17.8 Å². The second-order valence-electron chi connectivity index (χ2n) is 6.58. The molecule has 2 aromatic heterocycles. The average molecular weight is 351 g/mol. The van der Waals surface area contributed by atoms with Crippen LogP contribution in [-0.2, 0) is 6.54 Å². The lowest BCUT2D eigenvalue weighted by molar-refractivity contribution is -0.690. The molecule has 0 unspecified atom stereocenters. The number of fused-ring (bicyclic) bond motifs is 3. The summed E-state index contributed by atoms with van der Waals surface area (Å²) in [5.41, 5.74) is 4.66. The summed E-state index contributed by atoms with van der Waals surface area (Å²) >= 11 is 0. The first-order valence-electron chi connectivity index (χ1n) is 8.92. The highest BCUT2D eigenvalue weighted by Gasteiger charge is 2.21. The first kappa shape index (κ1) is 15.6. The van der Waals surface area contributed by atoms with Gasteiger partial charge in [-0.2, -0.15) is 0 Å². The van der Waals surface area contributed by atoms with Gasteiger partial charge in [-0.25, -0.2) is 4.98 Å². The third-order valence-corrected chi connectivity index (χ3v) is 4.86. The maximum Gasteiger partial charge on any atom is 0.217 e. The lowest BCUT2D eigenvalue weighted by Gasteiger charge is -2.09. The van der Waals surface area contributed by atoms with Crippen molar-refractivity contribution < 1.29 is 4.85 Å². The van der Waals surface area contributed by atoms with Gasteiger partial charge in [0.05, 0.1) is 10.9 Å². The Morgan fingerprint density at radius 1 is 0.778 bits per heavy atom. The highest BCUT2D eigenvalue weighted by molar-refractivity contribution is 6.08. The predicted octanol–water partition coefficient (Wildman–Crippen LogP) is 4.54. The van der Waals surface area contributed by atoms with Crippen molar-refractivity contribution in [3.05, 3.63) is 102 Å². The highest BCUT2D eigenvalue weighted by atomic mass is 16.5. The summed E-state index contributed by atoms with van der Waals surface area (Å²) in [6.45, 7) is 0.494. The Kier molecular flexibility index (Phi) is 3.61. The van der Waals surface area contributed by atoms with Crippen LogP contribution in [-0.4, -0.2) is 9.67 Å². The molecule has 0 spiro atoms. The van der Waals surface area contributed by atoms with E-state index in [1.165, 1.54) is 0 Å². The minimum Gasteiger partial charge on any atom is -0.596 e. The van der Waals surface area contributed by atoms with E-state index in [-0.39, 0.29) is 0 Å². The molecule has 0 fully saturated rings. The van der Waals surface area contributed by atoms with Crippen molar-refractivity contribution in [1.29, 1.82) is 0 Å². The van der Waals surface area contributed by atoms with Gasteiger partial charge in [-0.3, -0.25) is 0 Å². The molecule has 0 saturated carbocycles. The molecule has 2 heterocycles. The highest BCUT2D eigenvalue weighted by Crippen LogP contribution is 2.32. The smallest absolute Gasteiger partial charge is 0.217 e. The third kappa shape index (κ3) is 2.62. The monoisotopic (exact) mass is 351 g/mol. The lowest BCUT2D eigenvalue weighted by Crippen LogP contribution is -2.36. The lowest BCUT2D eigenvalue weighted by atomic mass is 10.1.